The van der Waals surface area contributed by atoms with Gasteiger partial charge in [-0.1, -0.05) is 19.8 Å². The van der Waals surface area contributed by atoms with Gasteiger partial charge in [0.15, 0.2) is 9.84 Å². The zero-order valence-electron chi connectivity index (χ0n) is 12.2. The van der Waals surface area contributed by atoms with E-state index in [4.69, 9.17) is 12.2 Å². The lowest BCUT2D eigenvalue weighted by molar-refractivity contribution is -0.136. The lowest BCUT2D eigenvalue weighted by atomic mass is 9.95. The van der Waals surface area contributed by atoms with Crippen molar-refractivity contribution in [2.45, 2.75) is 32.7 Å². The molecule has 1 heterocycles. The highest BCUT2D eigenvalue weighted by molar-refractivity contribution is 7.91. The third-order valence-electron chi connectivity index (χ3n) is 3.58. The molecule has 1 amide bonds. The standard InChI is InChI=1S/C14H24N2O3S/c1-4-6-16(13-5-7-20(18,19)10-13)14(17)12(9-15)8-11(2)3/h1,11-13H,5-10,15H2,2-3H3. The van der Waals surface area contributed by atoms with Crippen LogP contribution in [0.1, 0.15) is 26.7 Å². The Hall–Kier alpha value is -1.06. The van der Waals surface area contributed by atoms with Crippen molar-refractivity contribution in [2.75, 3.05) is 24.6 Å². The Balaban J connectivity index is 2.85. The zero-order valence-corrected chi connectivity index (χ0v) is 13.0. The first-order valence-electron chi connectivity index (χ1n) is 6.95. The fourth-order valence-corrected chi connectivity index (χ4v) is 4.34. The van der Waals surface area contributed by atoms with Gasteiger partial charge in [0.05, 0.1) is 24.0 Å². The van der Waals surface area contributed by atoms with Gasteiger partial charge in [0.25, 0.3) is 0 Å². The van der Waals surface area contributed by atoms with Crippen LogP contribution in [0.15, 0.2) is 0 Å². The van der Waals surface area contributed by atoms with Crippen molar-refractivity contribution >= 4 is 15.7 Å². The molecule has 0 aromatic carbocycles. The molecule has 0 spiro atoms. The molecule has 2 atom stereocenters. The molecule has 114 valence electrons. The van der Waals surface area contributed by atoms with E-state index in [0.717, 1.165) is 0 Å². The van der Waals surface area contributed by atoms with E-state index in [0.29, 0.717) is 18.8 Å². The smallest absolute Gasteiger partial charge is 0.228 e. The van der Waals surface area contributed by atoms with Crippen molar-refractivity contribution in [3.05, 3.63) is 0 Å². The van der Waals surface area contributed by atoms with Crippen molar-refractivity contribution in [2.24, 2.45) is 17.6 Å². The predicted molar refractivity (Wildman–Crippen MR) is 79.6 cm³/mol. The van der Waals surface area contributed by atoms with Crippen molar-refractivity contribution in [1.82, 2.24) is 4.90 Å². The van der Waals surface area contributed by atoms with Crippen LogP contribution in [0.4, 0.5) is 0 Å². The summed E-state index contributed by atoms with van der Waals surface area (Å²) in [5.74, 6) is 2.56. The van der Waals surface area contributed by atoms with E-state index in [2.05, 4.69) is 5.92 Å². The number of sulfone groups is 1. The second-order valence-corrected chi connectivity index (χ2v) is 8.02. The largest absolute Gasteiger partial charge is 0.330 e. The number of nitrogens with two attached hydrogens (primary N) is 1. The molecule has 1 saturated heterocycles. The molecular formula is C14H24N2O3S. The fraction of sp³-hybridized carbons (Fsp3) is 0.786. The molecule has 0 bridgehead atoms. The molecule has 0 radical (unpaired) electrons. The quantitative estimate of drug-likeness (QED) is 0.713. The molecular weight excluding hydrogens is 276 g/mol. The maximum Gasteiger partial charge on any atom is 0.228 e. The van der Waals surface area contributed by atoms with Crippen molar-refractivity contribution in [1.29, 1.82) is 0 Å². The zero-order chi connectivity index (χ0) is 15.3. The van der Waals surface area contributed by atoms with Gasteiger partial charge in [-0.05, 0) is 18.8 Å². The summed E-state index contributed by atoms with van der Waals surface area (Å²) in [6.45, 7) is 4.47. The summed E-state index contributed by atoms with van der Waals surface area (Å²) in [4.78, 5) is 14.1. The molecule has 20 heavy (non-hydrogen) atoms. The maximum atomic E-state index is 12.6. The number of terminal acetylenes is 1. The Kier molecular flexibility index (Phi) is 6.03. The van der Waals surface area contributed by atoms with Crippen LogP contribution >= 0.6 is 0 Å². The predicted octanol–water partition coefficient (Wildman–Crippen LogP) is 0.256. The average Bonchev–Trinajstić information content (AvgIpc) is 2.72. The van der Waals surface area contributed by atoms with Gasteiger partial charge in [-0.25, -0.2) is 8.42 Å². The number of carbonyl (C=O) groups excluding carboxylic acids is 1. The van der Waals surface area contributed by atoms with Crippen molar-refractivity contribution < 1.29 is 13.2 Å². The van der Waals surface area contributed by atoms with Crippen molar-refractivity contribution in [3.8, 4) is 12.3 Å². The van der Waals surface area contributed by atoms with Crippen LogP contribution in [-0.2, 0) is 14.6 Å². The van der Waals surface area contributed by atoms with Crippen LogP contribution < -0.4 is 5.73 Å². The minimum absolute atomic E-state index is 0.0133. The lowest BCUT2D eigenvalue weighted by Gasteiger charge is -2.30. The van der Waals surface area contributed by atoms with Crippen LogP contribution in [0.2, 0.25) is 0 Å². The number of amides is 1. The highest BCUT2D eigenvalue weighted by atomic mass is 32.2. The molecule has 0 aromatic rings. The van der Waals surface area contributed by atoms with E-state index in [9.17, 15) is 13.2 Å². The second-order valence-electron chi connectivity index (χ2n) is 5.79. The van der Waals surface area contributed by atoms with Gasteiger partial charge in [0.2, 0.25) is 5.91 Å². The Bertz CT molecular complexity index is 479. The second kappa shape index (κ2) is 7.09. The van der Waals surface area contributed by atoms with Crippen molar-refractivity contribution in [3.63, 3.8) is 0 Å². The van der Waals surface area contributed by atoms with E-state index in [1.165, 1.54) is 4.90 Å². The molecule has 1 aliphatic rings. The minimum atomic E-state index is -3.04. The Morgan fingerprint density at radius 3 is 2.55 bits per heavy atom. The summed E-state index contributed by atoms with van der Waals surface area (Å²) in [6.07, 6.45) is 6.48. The van der Waals surface area contributed by atoms with Crippen LogP contribution in [0.3, 0.4) is 0 Å². The normalized spacial score (nSPS) is 22.4. The summed E-state index contributed by atoms with van der Waals surface area (Å²) >= 11 is 0. The Morgan fingerprint density at radius 1 is 1.50 bits per heavy atom. The molecule has 2 unspecified atom stereocenters. The lowest BCUT2D eigenvalue weighted by Crippen LogP contribution is -2.46. The molecule has 5 nitrogen and oxygen atoms in total. The molecule has 1 rings (SSSR count). The Morgan fingerprint density at radius 2 is 2.15 bits per heavy atom. The fourth-order valence-electron chi connectivity index (χ4n) is 2.61. The highest BCUT2D eigenvalue weighted by Gasteiger charge is 2.36. The minimum Gasteiger partial charge on any atom is -0.330 e. The van der Waals surface area contributed by atoms with Gasteiger partial charge in [0.1, 0.15) is 0 Å². The molecule has 0 aliphatic carbocycles. The van der Waals surface area contributed by atoms with Crippen LogP contribution in [0.5, 0.6) is 0 Å². The number of hydrogen-bond acceptors (Lipinski definition) is 4. The van der Waals surface area contributed by atoms with E-state index >= 15 is 0 Å². The first-order valence-corrected chi connectivity index (χ1v) is 8.77. The van der Waals surface area contributed by atoms with E-state index < -0.39 is 9.84 Å². The maximum absolute atomic E-state index is 12.6. The van der Waals surface area contributed by atoms with Gasteiger partial charge in [-0.15, -0.1) is 6.42 Å². The SMILES string of the molecule is C#CCN(C(=O)C(CN)CC(C)C)C1CCS(=O)(=O)C1. The Labute approximate surface area is 121 Å². The van der Waals surface area contributed by atoms with Crippen LogP contribution in [0.25, 0.3) is 0 Å². The van der Waals surface area contributed by atoms with E-state index in [1.807, 2.05) is 13.8 Å². The summed E-state index contributed by atoms with van der Waals surface area (Å²) < 4.78 is 23.2. The molecule has 1 fully saturated rings. The first-order chi connectivity index (χ1) is 9.30. The van der Waals surface area contributed by atoms with E-state index in [-0.39, 0.29) is 42.5 Å². The highest BCUT2D eigenvalue weighted by Crippen LogP contribution is 2.21. The van der Waals surface area contributed by atoms with Gasteiger partial charge < -0.3 is 10.6 Å². The van der Waals surface area contributed by atoms with Gasteiger partial charge in [-0.2, -0.15) is 0 Å². The first kappa shape index (κ1) is 17.0. The number of rotatable bonds is 6. The molecule has 2 N–H and O–H groups in total. The van der Waals surface area contributed by atoms with Gasteiger partial charge in [0, 0.05) is 12.6 Å². The average molecular weight is 300 g/mol. The molecule has 1 aliphatic heterocycles. The van der Waals surface area contributed by atoms with Gasteiger partial charge >= 0.3 is 0 Å². The van der Waals surface area contributed by atoms with Crippen LogP contribution in [0, 0.1) is 24.2 Å². The monoisotopic (exact) mass is 300 g/mol. The molecule has 0 saturated carbocycles. The molecule has 6 heteroatoms. The summed E-state index contributed by atoms with van der Waals surface area (Å²) in [7, 11) is -3.04. The summed E-state index contributed by atoms with van der Waals surface area (Å²) in [6, 6.07) is -0.301. The third kappa shape index (κ3) is 4.50. The summed E-state index contributed by atoms with van der Waals surface area (Å²) in [5, 5.41) is 0. The number of carbonyl (C=O) groups is 1. The summed E-state index contributed by atoms with van der Waals surface area (Å²) in [5.41, 5.74) is 5.69. The molecule has 0 aromatic heterocycles. The number of hydrogen-bond donors (Lipinski definition) is 1. The third-order valence-corrected chi connectivity index (χ3v) is 5.33. The van der Waals surface area contributed by atoms with E-state index in [1.54, 1.807) is 0 Å². The number of nitrogens with zero attached hydrogens (tertiary/aromatic N) is 1. The topological polar surface area (TPSA) is 80.5 Å². The van der Waals surface area contributed by atoms with Gasteiger partial charge in [-0.3, -0.25) is 4.79 Å². The van der Waals surface area contributed by atoms with Crippen LogP contribution in [-0.4, -0.2) is 49.9 Å².